The predicted molar refractivity (Wildman–Crippen MR) is 97.1 cm³/mol. The third-order valence-corrected chi connectivity index (χ3v) is 6.36. The van der Waals surface area contributed by atoms with Crippen LogP contribution in [0.5, 0.6) is 0 Å². The maximum atomic E-state index is 10.3. The second-order valence-electron chi connectivity index (χ2n) is 7.51. The molecule has 0 aromatic heterocycles. The van der Waals surface area contributed by atoms with Gasteiger partial charge in [-0.1, -0.05) is 49.6 Å². The minimum absolute atomic E-state index is 0.300. The van der Waals surface area contributed by atoms with Crippen molar-refractivity contribution >= 4 is 0 Å². The fourth-order valence-corrected chi connectivity index (χ4v) is 4.11. The number of rotatable bonds is 7. The van der Waals surface area contributed by atoms with Crippen molar-refractivity contribution in [2.24, 2.45) is 5.92 Å². The van der Waals surface area contributed by atoms with Crippen molar-refractivity contribution in [2.75, 3.05) is 26.7 Å². The van der Waals surface area contributed by atoms with Crippen molar-refractivity contribution < 1.29 is 4.48 Å². The van der Waals surface area contributed by atoms with E-state index in [1.807, 2.05) is 0 Å². The highest BCUT2D eigenvalue weighted by Crippen LogP contribution is 2.43. The van der Waals surface area contributed by atoms with Gasteiger partial charge in [0, 0.05) is 6.42 Å². The van der Waals surface area contributed by atoms with Crippen LogP contribution in [0.4, 0.5) is 0 Å². The highest BCUT2D eigenvalue weighted by molar-refractivity contribution is 5.34. The molecule has 2 nitrogen and oxygen atoms in total. The average Bonchev–Trinajstić information content (AvgIpc) is 2.64. The normalized spacial score (nSPS) is 19.0. The van der Waals surface area contributed by atoms with Crippen LogP contribution in [-0.2, 0) is 5.41 Å². The first kappa shape index (κ1) is 18.0. The van der Waals surface area contributed by atoms with E-state index in [9.17, 15) is 5.26 Å². The number of nitrogens with zero attached hydrogens (tertiary/aromatic N) is 2. The first-order valence-electron chi connectivity index (χ1n) is 9.40. The van der Waals surface area contributed by atoms with E-state index in [4.69, 9.17) is 0 Å². The fraction of sp³-hybridized carbons (Fsp3) is 0.667. The summed E-state index contributed by atoms with van der Waals surface area (Å²) in [5, 5.41) is 10.3. The van der Waals surface area contributed by atoms with E-state index < -0.39 is 0 Å². The van der Waals surface area contributed by atoms with Crippen LogP contribution in [0.1, 0.15) is 57.9 Å². The number of quaternary nitrogens is 1. The molecule has 1 atom stereocenters. The number of hydrogen-bond donors (Lipinski definition) is 0. The van der Waals surface area contributed by atoms with Crippen LogP contribution >= 0.6 is 0 Å². The SMILES string of the molecule is CC[N+](C)(CC)CCC(C#N)(c1ccccc1)C1CCCCC1. The number of nitriles is 1. The van der Waals surface area contributed by atoms with Gasteiger partial charge in [-0.3, -0.25) is 0 Å². The molecule has 1 aliphatic rings. The molecule has 1 aliphatic carbocycles. The molecule has 1 unspecified atom stereocenters. The Labute approximate surface area is 142 Å². The molecular formula is C21H33N2+. The highest BCUT2D eigenvalue weighted by Gasteiger charge is 2.42. The minimum atomic E-state index is -0.300. The van der Waals surface area contributed by atoms with Gasteiger partial charge in [0.2, 0.25) is 0 Å². The highest BCUT2D eigenvalue weighted by atomic mass is 15.3. The first-order valence-corrected chi connectivity index (χ1v) is 9.40. The fourth-order valence-electron chi connectivity index (χ4n) is 4.11. The van der Waals surface area contributed by atoms with E-state index in [0.29, 0.717) is 5.92 Å². The lowest BCUT2D eigenvalue weighted by molar-refractivity contribution is -0.906. The lowest BCUT2D eigenvalue weighted by Crippen LogP contribution is -2.48. The quantitative estimate of drug-likeness (QED) is 0.656. The van der Waals surface area contributed by atoms with Crippen LogP contribution in [0.15, 0.2) is 30.3 Å². The van der Waals surface area contributed by atoms with Crippen molar-refractivity contribution in [1.29, 1.82) is 5.26 Å². The van der Waals surface area contributed by atoms with Gasteiger partial charge >= 0.3 is 0 Å². The van der Waals surface area contributed by atoms with E-state index in [-0.39, 0.29) is 5.41 Å². The minimum Gasteiger partial charge on any atom is -0.326 e. The third kappa shape index (κ3) is 3.96. The molecule has 0 spiro atoms. The first-order chi connectivity index (χ1) is 11.1. The third-order valence-electron chi connectivity index (χ3n) is 6.36. The Hall–Kier alpha value is -1.33. The molecule has 126 valence electrons. The van der Waals surface area contributed by atoms with Crippen LogP contribution in [0.25, 0.3) is 0 Å². The van der Waals surface area contributed by atoms with Crippen LogP contribution in [0.3, 0.4) is 0 Å². The molecule has 0 bridgehead atoms. The molecule has 23 heavy (non-hydrogen) atoms. The molecule has 0 amide bonds. The molecule has 0 N–H and O–H groups in total. The van der Waals surface area contributed by atoms with Gasteiger partial charge in [-0.25, -0.2) is 0 Å². The Kier molecular flexibility index (Phi) is 6.25. The van der Waals surface area contributed by atoms with Gasteiger partial charge in [0.1, 0.15) is 0 Å². The molecular weight excluding hydrogens is 280 g/mol. The van der Waals surface area contributed by atoms with Crippen molar-refractivity contribution in [3.05, 3.63) is 35.9 Å². The van der Waals surface area contributed by atoms with Crippen LogP contribution < -0.4 is 0 Å². The molecule has 2 rings (SSSR count). The van der Waals surface area contributed by atoms with E-state index in [1.54, 1.807) is 0 Å². The van der Waals surface area contributed by atoms with E-state index in [0.717, 1.165) is 30.5 Å². The zero-order chi connectivity index (χ0) is 16.8. The van der Waals surface area contributed by atoms with Crippen molar-refractivity contribution in [3.8, 4) is 6.07 Å². The Morgan fingerprint density at radius 2 is 1.70 bits per heavy atom. The predicted octanol–water partition coefficient (Wildman–Crippen LogP) is 4.90. The van der Waals surface area contributed by atoms with Gasteiger partial charge in [0.15, 0.2) is 0 Å². The molecule has 1 fully saturated rings. The molecule has 1 saturated carbocycles. The zero-order valence-electron chi connectivity index (χ0n) is 15.2. The molecule has 0 radical (unpaired) electrons. The lowest BCUT2D eigenvalue weighted by atomic mass is 9.64. The summed E-state index contributed by atoms with van der Waals surface area (Å²) in [6.07, 6.45) is 7.32. The summed E-state index contributed by atoms with van der Waals surface area (Å²) in [6, 6.07) is 13.4. The molecule has 0 aliphatic heterocycles. The molecule has 2 heteroatoms. The van der Waals surface area contributed by atoms with Gasteiger partial charge < -0.3 is 4.48 Å². The maximum Gasteiger partial charge on any atom is 0.0903 e. The van der Waals surface area contributed by atoms with Crippen LogP contribution in [0, 0.1) is 17.2 Å². The Balaban J connectivity index is 2.32. The molecule has 0 heterocycles. The smallest absolute Gasteiger partial charge is 0.0903 e. The van der Waals surface area contributed by atoms with E-state index in [2.05, 4.69) is 57.3 Å². The standard InChI is InChI=1S/C21H33N2/c1-4-23(3,5-2)17-16-21(18-22,19-12-8-6-9-13-19)20-14-10-7-11-15-20/h6,8-9,12-13,20H,4-5,7,10-11,14-17H2,1-3H3/q+1. The molecule has 1 aromatic carbocycles. The molecule has 1 aromatic rings. The number of hydrogen-bond acceptors (Lipinski definition) is 1. The van der Waals surface area contributed by atoms with Gasteiger partial charge in [-0.05, 0) is 38.2 Å². The second-order valence-corrected chi connectivity index (χ2v) is 7.51. The van der Waals surface area contributed by atoms with E-state index in [1.165, 1.54) is 37.7 Å². The Morgan fingerprint density at radius 3 is 2.22 bits per heavy atom. The van der Waals surface area contributed by atoms with Gasteiger partial charge in [-0.2, -0.15) is 5.26 Å². The summed E-state index contributed by atoms with van der Waals surface area (Å²) in [5.74, 6) is 0.519. The summed E-state index contributed by atoms with van der Waals surface area (Å²) in [5.41, 5.74) is 0.944. The summed E-state index contributed by atoms with van der Waals surface area (Å²) in [4.78, 5) is 0. The number of benzene rings is 1. The molecule has 0 saturated heterocycles. The second kappa shape index (κ2) is 7.97. The van der Waals surface area contributed by atoms with Gasteiger partial charge in [-0.15, -0.1) is 0 Å². The summed E-state index contributed by atoms with van der Waals surface area (Å²) in [6.45, 7) is 7.89. The summed E-state index contributed by atoms with van der Waals surface area (Å²) < 4.78 is 1.06. The topological polar surface area (TPSA) is 23.8 Å². The van der Waals surface area contributed by atoms with Crippen LogP contribution in [-0.4, -0.2) is 31.2 Å². The van der Waals surface area contributed by atoms with Crippen LogP contribution in [0.2, 0.25) is 0 Å². The van der Waals surface area contributed by atoms with Crippen molar-refractivity contribution in [2.45, 2.75) is 57.8 Å². The van der Waals surface area contributed by atoms with Gasteiger partial charge in [0.05, 0.1) is 38.2 Å². The Bertz CT molecular complexity index is 506. The zero-order valence-corrected chi connectivity index (χ0v) is 15.2. The summed E-state index contributed by atoms with van der Waals surface area (Å²) in [7, 11) is 2.33. The monoisotopic (exact) mass is 313 g/mol. The summed E-state index contributed by atoms with van der Waals surface area (Å²) >= 11 is 0. The van der Waals surface area contributed by atoms with Crippen molar-refractivity contribution in [3.63, 3.8) is 0 Å². The lowest BCUT2D eigenvalue weighted by Gasteiger charge is -2.41. The van der Waals surface area contributed by atoms with Crippen molar-refractivity contribution in [1.82, 2.24) is 0 Å². The maximum absolute atomic E-state index is 10.3. The van der Waals surface area contributed by atoms with Gasteiger partial charge in [0.25, 0.3) is 0 Å². The largest absolute Gasteiger partial charge is 0.326 e. The Morgan fingerprint density at radius 1 is 1.09 bits per heavy atom. The average molecular weight is 314 g/mol. The van der Waals surface area contributed by atoms with E-state index >= 15 is 0 Å².